The first-order valence-electron chi connectivity index (χ1n) is 18.5. The molecule has 0 fully saturated rings. The van der Waals surface area contributed by atoms with Crippen LogP contribution in [-0.2, 0) is 0 Å². The summed E-state index contributed by atoms with van der Waals surface area (Å²) >= 11 is 0. The maximum absolute atomic E-state index is 2.68. The Kier molecular flexibility index (Phi) is 4.63. The summed E-state index contributed by atoms with van der Waals surface area (Å²) in [6, 6.07) is 61.0. The van der Waals surface area contributed by atoms with Gasteiger partial charge in [0, 0.05) is 50.7 Å². The van der Waals surface area contributed by atoms with Crippen molar-refractivity contribution in [2.75, 3.05) is 19.2 Å². The Bertz CT molecular complexity index is 2760. The van der Waals surface area contributed by atoms with E-state index in [4.69, 9.17) is 0 Å². The third kappa shape index (κ3) is 2.94. The predicted molar refractivity (Wildman–Crippen MR) is 220 cm³/mol. The van der Waals surface area contributed by atoms with Gasteiger partial charge in [-0.15, -0.1) is 0 Å². The molecule has 53 heavy (non-hydrogen) atoms. The molecular formula is C46H27B2N5. The lowest BCUT2D eigenvalue weighted by molar-refractivity contribution is 1.05. The number of nitrogens with zero attached hydrogens (tertiary/aromatic N) is 5. The van der Waals surface area contributed by atoms with Crippen LogP contribution in [0.4, 0.5) is 45.8 Å². The standard InChI is InChI=1S/C46H27B2N5/c1-2-14-28(15-3-1)49-45-43(50-37-24-8-4-16-29(37)33-20-12-22-35-31-18-6-10-26-39(31)52(45)47(50)41(33)35)44-46(49)53-40-27-11-7-19-32(40)36-23-13-21-34-30-17-5-9-25-38(30)51(44)48(53)42(34)36/h1-27H. The molecule has 0 amide bonds. The second kappa shape index (κ2) is 9.14. The first-order valence-corrected chi connectivity index (χ1v) is 18.5. The lowest BCUT2D eigenvalue weighted by atomic mass is 9.55. The van der Waals surface area contributed by atoms with Crippen LogP contribution >= 0.6 is 0 Å². The predicted octanol–water partition coefficient (Wildman–Crippen LogP) is 9.77. The van der Waals surface area contributed by atoms with Gasteiger partial charge in [0.25, 0.3) is 0 Å². The molecule has 0 bridgehead atoms. The fraction of sp³-hybridized carbons (Fsp3) is 0. The Morgan fingerprint density at radius 1 is 0.283 bits per heavy atom. The highest BCUT2D eigenvalue weighted by Crippen LogP contribution is 2.67. The lowest BCUT2D eigenvalue weighted by Gasteiger charge is -2.42. The van der Waals surface area contributed by atoms with Crippen molar-refractivity contribution < 1.29 is 0 Å². The number of aromatic nitrogens is 1. The van der Waals surface area contributed by atoms with Crippen LogP contribution in [0.2, 0.25) is 0 Å². The van der Waals surface area contributed by atoms with Gasteiger partial charge < -0.3 is 19.2 Å². The number of hydrogen-bond donors (Lipinski definition) is 0. The highest BCUT2D eigenvalue weighted by molar-refractivity contribution is 6.91. The summed E-state index contributed by atoms with van der Waals surface area (Å²) in [5.74, 6) is 2.41. The van der Waals surface area contributed by atoms with Gasteiger partial charge in [0.05, 0.1) is 11.4 Å². The summed E-state index contributed by atoms with van der Waals surface area (Å²) in [6.45, 7) is -0.0758. The smallest absolute Gasteiger partial charge is 0.356 e. The zero-order chi connectivity index (χ0) is 34.1. The normalized spacial score (nSPS) is 14.9. The van der Waals surface area contributed by atoms with Crippen LogP contribution in [0.5, 0.6) is 0 Å². The van der Waals surface area contributed by atoms with Gasteiger partial charge in [-0.2, -0.15) is 0 Å². The van der Waals surface area contributed by atoms with Gasteiger partial charge in [0.1, 0.15) is 11.6 Å². The Labute approximate surface area is 307 Å². The van der Waals surface area contributed by atoms with Crippen molar-refractivity contribution in [1.29, 1.82) is 0 Å². The van der Waals surface area contributed by atoms with Crippen molar-refractivity contribution in [1.82, 2.24) is 4.57 Å². The van der Waals surface area contributed by atoms with Crippen molar-refractivity contribution >= 4 is 70.7 Å². The summed E-state index contributed by atoms with van der Waals surface area (Å²) in [7, 11) is 0. The molecular weight excluding hydrogens is 644 g/mol. The van der Waals surface area contributed by atoms with E-state index in [1.807, 2.05) is 0 Å². The Balaban J connectivity index is 1.20. The largest absolute Gasteiger partial charge is 0.423 e. The van der Waals surface area contributed by atoms with Gasteiger partial charge in [0.15, 0.2) is 0 Å². The van der Waals surface area contributed by atoms with Gasteiger partial charge in [-0.3, -0.25) is 4.57 Å². The lowest BCUT2D eigenvalue weighted by Crippen LogP contribution is -2.58. The summed E-state index contributed by atoms with van der Waals surface area (Å²) in [5, 5.41) is 0. The van der Waals surface area contributed by atoms with E-state index in [9.17, 15) is 0 Å². The molecule has 5 nitrogen and oxygen atoms in total. The number of anilines is 8. The quantitative estimate of drug-likeness (QED) is 0.162. The maximum atomic E-state index is 2.68. The Hall–Kier alpha value is -6.85. The monoisotopic (exact) mass is 671 g/mol. The molecule has 0 saturated heterocycles. The molecule has 7 heteroatoms. The number of para-hydroxylation sites is 5. The van der Waals surface area contributed by atoms with Crippen LogP contribution in [0.15, 0.2) is 164 Å². The summed E-state index contributed by atoms with van der Waals surface area (Å²) in [4.78, 5) is 10.7. The van der Waals surface area contributed by atoms with E-state index >= 15 is 0 Å². The topological polar surface area (TPSA) is 17.9 Å². The second-order valence-corrected chi connectivity index (χ2v) is 14.8. The van der Waals surface area contributed by atoms with E-state index in [2.05, 4.69) is 188 Å². The van der Waals surface area contributed by atoms with Crippen molar-refractivity contribution in [3.05, 3.63) is 164 Å². The van der Waals surface area contributed by atoms with Crippen molar-refractivity contribution in [3.8, 4) is 50.2 Å². The van der Waals surface area contributed by atoms with E-state index in [-0.39, 0.29) is 14.0 Å². The number of benzene rings is 7. The van der Waals surface area contributed by atoms with E-state index < -0.39 is 0 Å². The van der Waals surface area contributed by atoms with E-state index in [0.29, 0.717) is 0 Å². The van der Waals surface area contributed by atoms with Crippen LogP contribution in [0.3, 0.4) is 0 Å². The van der Waals surface area contributed by atoms with Crippen LogP contribution in [0.25, 0.3) is 50.2 Å². The average molecular weight is 671 g/mol. The molecule has 14 rings (SSSR count). The molecule has 7 aromatic carbocycles. The second-order valence-electron chi connectivity index (χ2n) is 14.8. The van der Waals surface area contributed by atoms with Crippen molar-refractivity contribution in [3.63, 3.8) is 0 Å². The van der Waals surface area contributed by atoms with Gasteiger partial charge in [-0.05, 0) is 69.6 Å². The van der Waals surface area contributed by atoms with Crippen LogP contribution < -0.4 is 30.2 Å². The summed E-state index contributed by atoms with van der Waals surface area (Å²) < 4.78 is 2.58. The summed E-state index contributed by atoms with van der Waals surface area (Å²) in [6.07, 6.45) is 0. The summed E-state index contributed by atoms with van der Waals surface area (Å²) in [5.41, 5.74) is 21.8. The third-order valence-electron chi connectivity index (χ3n) is 12.5. The Morgan fingerprint density at radius 3 is 1.00 bits per heavy atom. The van der Waals surface area contributed by atoms with E-state index in [1.165, 1.54) is 101 Å². The highest BCUT2D eigenvalue weighted by Gasteiger charge is 2.61. The number of hydrogen-bond acceptors (Lipinski definition) is 4. The molecule has 0 spiro atoms. The molecule has 8 aromatic rings. The van der Waals surface area contributed by atoms with Gasteiger partial charge in [-0.25, -0.2) is 0 Å². The van der Waals surface area contributed by atoms with Crippen LogP contribution in [-0.4, -0.2) is 18.5 Å². The molecule has 0 unspecified atom stereocenters. The van der Waals surface area contributed by atoms with Gasteiger partial charge in [0.2, 0.25) is 0 Å². The fourth-order valence-electron chi connectivity index (χ4n) is 10.7. The fourth-order valence-corrected chi connectivity index (χ4v) is 10.7. The molecule has 0 radical (unpaired) electrons. The minimum absolute atomic E-state index is 0.0379. The van der Waals surface area contributed by atoms with E-state index in [0.717, 1.165) is 5.69 Å². The average Bonchev–Trinajstić information content (AvgIpc) is 3.87. The molecule has 6 aliphatic heterocycles. The first kappa shape index (κ1) is 26.9. The minimum atomic E-state index is -0.0379. The zero-order valence-electron chi connectivity index (χ0n) is 28.5. The third-order valence-corrected chi connectivity index (χ3v) is 12.5. The van der Waals surface area contributed by atoms with Crippen molar-refractivity contribution in [2.45, 2.75) is 0 Å². The van der Waals surface area contributed by atoms with Crippen LogP contribution in [0, 0.1) is 0 Å². The van der Waals surface area contributed by atoms with E-state index in [1.54, 1.807) is 0 Å². The maximum Gasteiger partial charge on any atom is 0.423 e. The van der Waals surface area contributed by atoms with Gasteiger partial charge in [-0.1, -0.05) is 127 Å². The molecule has 0 atom stereocenters. The molecule has 242 valence electrons. The van der Waals surface area contributed by atoms with Crippen LogP contribution in [0.1, 0.15) is 0 Å². The zero-order valence-corrected chi connectivity index (χ0v) is 28.5. The SMILES string of the molecule is c1ccc(-n2c3c(c4c2N2B5c6c(cccc6-c6ccccc62)-c2ccccc2N54)N2B4c5c(cccc5-c5ccccc5N43)-c3ccccc32)cc1. The highest BCUT2D eigenvalue weighted by atomic mass is 15.5. The Morgan fingerprint density at radius 2 is 0.604 bits per heavy atom. The number of fused-ring (bicyclic) bond motifs is 19. The molecule has 0 aliphatic carbocycles. The van der Waals surface area contributed by atoms with Gasteiger partial charge >= 0.3 is 14.0 Å². The molecule has 6 aliphatic rings. The molecule has 0 N–H and O–H groups in total. The molecule has 7 heterocycles. The minimum Gasteiger partial charge on any atom is -0.356 e. The molecule has 1 aromatic heterocycles. The first-order chi connectivity index (χ1) is 26.4. The number of rotatable bonds is 1. The van der Waals surface area contributed by atoms with Crippen molar-refractivity contribution in [2.24, 2.45) is 0 Å². The molecule has 0 saturated carbocycles.